The lowest BCUT2D eigenvalue weighted by Gasteiger charge is -2.33. The maximum Gasteiger partial charge on any atom is 0.248 e. The molecule has 1 amide bonds. The van der Waals surface area contributed by atoms with Crippen LogP contribution < -0.4 is 15.4 Å². The van der Waals surface area contributed by atoms with Crippen LogP contribution in [0.1, 0.15) is 35.7 Å². The van der Waals surface area contributed by atoms with Crippen molar-refractivity contribution in [1.82, 2.24) is 9.78 Å². The van der Waals surface area contributed by atoms with Crippen molar-refractivity contribution < 1.29 is 9.53 Å². The molecule has 7 nitrogen and oxygen atoms in total. The summed E-state index contributed by atoms with van der Waals surface area (Å²) in [5, 5.41) is 16.0. The summed E-state index contributed by atoms with van der Waals surface area (Å²) >= 11 is 6.11. The summed E-state index contributed by atoms with van der Waals surface area (Å²) in [4.78, 5) is 16.5. The molecular weight excluding hydrogens is 498 g/mol. The van der Waals surface area contributed by atoms with Gasteiger partial charge in [0, 0.05) is 16.3 Å². The Labute approximate surface area is 225 Å². The Morgan fingerprint density at radius 2 is 1.76 bits per heavy atom. The minimum atomic E-state index is -1.48. The minimum absolute atomic E-state index is 0.0750. The molecule has 3 heterocycles. The Bertz CT molecular complexity index is 1640. The van der Waals surface area contributed by atoms with Gasteiger partial charge in [0.15, 0.2) is 0 Å². The molecule has 0 fully saturated rings. The monoisotopic (exact) mass is 521 g/mol. The molecule has 188 valence electrons. The van der Waals surface area contributed by atoms with E-state index in [1.54, 1.807) is 21.7 Å². The fraction of sp³-hybridized carbons (Fsp3) is 0.167. The Hall–Kier alpha value is -4.54. The number of aryl methyl sites for hydroxylation is 1. The van der Waals surface area contributed by atoms with E-state index >= 15 is 0 Å². The van der Waals surface area contributed by atoms with Crippen LogP contribution in [0.5, 0.6) is 5.88 Å². The van der Waals surface area contributed by atoms with E-state index in [4.69, 9.17) is 27.2 Å². The van der Waals surface area contributed by atoms with Crippen LogP contribution in [-0.4, -0.2) is 15.7 Å². The Morgan fingerprint density at radius 1 is 1.05 bits per heavy atom. The van der Waals surface area contributed by atoms with E-state index in [-0.39, 0.29) is 17.4 Å². The fourth-order valence-corrected chi connectivity index (χ4v) is 5.67. The van der Waals surface area contributed by atoms with Gasteiger partial charge in [-0.25, -0.2) is 4.68 Å². The second kappa shape index (κ2) is 9.09. The number of hydrogen-bond acceptors (Lipinski definition) is 5. The number of benzene rings is 3. The Kier molecular flexibility index (Phi) is 5.70. The van der Waals surface area contributed by atoms with Gasteiger partial charge in [-0.3, -0.25) is 4.79 Å². The summed E-state index contributed by atoms with van der Waals surface area (Å²) in [7, 11) is 0. The van der Waals surface area contributed by atoms with Crippen LogP contribution in [0, 0.1) is 11.3 Å². The van der Waals surface area contributed by atoms with Crippen molar-refractivity contribution in [3.63, 3.8) is 0 Å². The number of halogens is 1. The molecule has 3 aromatic carbocycles. The first-order chi connectivity index (χ1) is 18.5. The quantitative estimate of drug-likeness (QED) is 0.379. The number of fused-ring (bicyclic) bond motifs is 4. The van der Waals surface area contributed by atoms with Gasteiger partial charge in [-0.05, 0) is 42.3 Å². The molecule has 0 bridgehead atoms. The normalized spacial score (nSPS) is 17.8. The number of rotatable bonds is 5. The topological polar surface area (TPSA) is 97.2 Å². The Balaban J connectivity index is 1.64. The molecule has 2 N–H and O–H groups in total. The van der Waals surface area contributed by atoms with Crippen LogP contribution in [0.3, 0.4) is 0 Å². The third kappa shape index (κ3) is 3.34. The van der Waals surface area contributed by atoms with Crippen LogP contribution in [0.2, 0.25) is 5.02 Å². The highest BCUT2D eigenvalue weighted by atomic mass is 35.5. The second-order valence-electron chi connectivity index (χ2n) is 9.36. The number of nitrogens with two attached hydrogens (primary N) is 1. The lowest BCUT2D eigenvalue weighted by atomic mass is 9.68. The number of carbonyl (C=O) groups excluding carboxylic acids is 1. The van der Waals surface area contributed by atoms with Gasteiger partial charge in [0.25, 0.3) is 0 Å². The second-order valence-corrected chi connectivity index (χ2v) is 9.80. The molecule has 0 saturated heterocycles. The average molecular weight is 522 g/mol. The number of hydrogen-bond donors (Lipinski definition) is 1. The third-order valence-electron chi connectivity index (χ3n) is 7.14. The zero-order valence-electron chi connectivity index (χ0n) is 20.7. The van der Waals surface area contributed by atoms with Gasteiger partial charge in [0.2, 0.25) is 17.7 Å². The number of amides is 1. The van der Waals surface area contributed by atoms with E-state index in [1.807, 2.05) is 66.7 Å². The predicted octanol–water partition coefficient (Wildman–Crippen LogP) is 5.40. The number of ether oxygens (including phenoxy) is 1. The maximum absolute atomic E-state index is 14.8. The molecule has 1 atom stereocenters. The summed E-state index contributed by atoms with van der Waals surface area (Å²) < 4.78 is 7.80. The van der Waals surface area contributed by atoms with Crippen molar-refractivity contribution in [2.75, 3.05) is 4.90 Å². The van der Waals surface area contributed by atoms with Crippen molar-refractivity contribution in [3.05, 3.63) is 118 Å². The van der Waals surface area contributed by atoms with Crippen LogP contribution in [0.15, 0.2) is 90.3 Å². The van der Waals surface area contributed by atoms with Gasteiger partial charge < -0.3 is 15.4 Å². The molecule has 1 aromatic heterocycles. The van der Waals surface area contributed by atoms with E-state index in [2.05, 4.69) is 13.0 Å². The number of nitriles is 1. The van der Waals surface area contributed by atoms with E-state index in [9.17, 15) is 10.1 Å². The smallest absolute Gasteiger partial charge is 0.248 e. The number of carbonyl (C=O) groups is 1. The molecule has 0 aliphatic carbocycles. The number of para-hydroxylation sites is 2. The third-order valence-corrected chi connectivity index (χ3v) is 7.39. The first-order valence-corrected chi connectivity index (χ1v) is 12.8. The van der Waals surface area contributed by atoms with Gasteiger partial charge in [0.05, 0.1) is 23.5 Å². The molecule has 2 aliphatic rings. The van der Waals surface area contributed by atoms with E-state index < -0.39 is 5.41 Å². The van der Waals surface area contributed by atoms with Gasteiger partial charge >= 0.3 is 0 Å². The predicted molar refractivity (Wildman–Crippen MR) is 145 cm³/mol. The SMILES string of the molecule is CCCc1nn(-c2ccccc2)c2c1[C@@]1(C(=O)N(Cc3ccc(Cl)cc3)c3ccccc31)C(C#N)=C(N)O2. The van der Waals surface area contributed by atoms with Crippen molar-refractivity contribution in [2.24, 2.45) is 5.73 Å². The molecule has 38 heavy (non-hydrogen) atoms. The highest BCUT2D eigenvalue weighted by Crippen LogP contribution is 2.56. The van der Waals surface area contributed by atoms with Crippen molar-refractivity contribution >= 4 is 23.2 Å². The number of anilines is 1. The van der Waals surface area contributed by atoms with Crippen LogP contribution >= 0.6 is 11.6 Å². The molecular formula is C30H24ClN5O2. The minimum Gasteiger partial charge on any atom is -0.422 e. The average Bonchev–Trinajstić information content (AvgIpc) is 3.40. The maximum atomic E-state index is 14.8. The number of nitrogens with zero attached hydrogens (tertiary/aromatic N) is 4. The molecule has 2 aliphatic heterocycles. The summed E-state index contributed by atoms with van der Waals surface area (Å²) in [6, 6.07) is 26.7. The highest BCUT2D eigenvalue weighted by molar-refractivity contribution is 6.30. The summed E-state index contributed by atoms with van der Waals surface area (Å²) in [6.45, 7) is 2.36. The lowest BCUT2D eigenvalue weighted by Crippen LogP contribution is -2.46. The molecule has 0 saturated carbocycles. The summed E-state index contributed by atoms with van der Waals surface area (Å²) in [6.07, 6.45) is 1.39. The van der Waals surface area contributed by atoms with Crippen LogP contribution in [0.25, 0.3) is 5.69 Å². The van der Waals surface area contributed by atoms with E-state index in [1.165, 1.54) is 0 Å². The first-order valence-electron chi connectivity index (χ1n) is 12.4. The molecule has 8 heteroatoms. The van der Waals surface area contributed by atoms with Crippen molar-refractivity contribution in [1.29, 1.82) is 5.26 Å². The van der Waals surface area contributed by atoms with Gasteiger partial charge in [-0.1, -0.05) is 73.5 Å². The van der Waals surface area contributed by atoms with Gasteiger partial charge in [0.1, 0.15) is 17.1 Å². The highest BCUT2D eigenvalue weighted by Gasteiger charge is 2.61. The van der Waals surface area contributed by atoms with Gasteiger partial charge in [-0.2, -0.15) is 10.4 Å². The Morgan fingerprint density at radius 3 is 2.47 bits per heavy atom. The number of aromatic nitrogens is 2. The van der Waals surface area contributed by atoms with E-state index in [0.29, 0.717) is 40.7 Å². The summed E-state index contributed by atoms with van der Waals surface area (Å²) in [5.41, 5.74) is 9.38. The molecule has 0 unspecified atom stereocenters. The lowest BCUT2D eigenvalue weighted by molar-refractivity contribution is -0.121. The van der Waals surface area contributed by atoms with Crippen molar-refractivity contribution in [2.45, 2.75) is 31.7 Å². The fourth-order valence-electron chi connectivity index (χ4n) is 5.54. The van der Waals surface area contributed by atoms with Gasteiger partial charge in [-0.15, -0.1) is 0 Å². The van der Waals surface area contributed by atoms with E-state index in [0.717, 1.165) is 23.4 Å². The van der Waals surface area contributed by atoms with Crippen LogP contribution in [0.4, 0.5) is 5.69 Å². The van der Waals surface area contributed by atoms with Crippen LogP contribution in [-0.2, 0) is 23.2 Å². The zero-order chi connectivity index (χ0) is 26.4. The first kappa shape index (κ1) is 23.8. The standard InChI is InChI=1S/C30H24ClN5O2/c1-2-8-24-26-28(36(34-24)21-9-4-3-5-10-21)38-27(33)23(17-32)30(26)22-11-6-7-12-25(22)35(29(30)37)18-19-13-15-20(31)16-14-19/h3-7,9-16H,2,8,18,33H2,1H3/t30-/m0/s1. The molecule has 6 rings (SSSR count). The summed E-state index contributed by atoms with van der Waals surface area (Å²) in [5.74, 6) is -0.00747. The molecule has 4 aromatic rings. The largest absolute Gasteiger partial charge is 0.422 e. The zero-order valence-corrected chi connectivity index (χ0v) is 21.4. The molecule has 0 radical (unpaired) electrons. The molecule has 1 spiro atoms. The van der Waals surface area contributed by atoms with Crippen molar-refractivity contribution in [3.8, 4) is 17.6 Å².